The molecule has 0 saturated carbocycles. The maximum atomic E-state index is 11.3. The van der Waals surface area contributed by atoms with Crippen molar-refractivity contribution < 1.29 is 14.3 Å². The molecule has 1 aromatic rings. The van der Waals surface area contributed by atoms with Crippen LogP contribution in [0.15, 0.2) is 24.3 Å². The van der Waals surface area contributed by atoms with Gasteiger partial charge in [0, 0.05) is 0 Å². The van der Waals surface area contributed by atoms with E-state index in [1.165, 1.54) is 6.07 Å². The van der Waals surface area contributed by atoms with Gasteiger partial charge < -0.3 is 15.2 Å². The molecular formula is C13H16Cl3NO3. The first-order chi connectivity index (χ1) is 9.36. The largest absolute Gasteiger partial charge is 0.459 e. The van der Waals surface area contributed by atoms with Crippen LogP contribution in [0.3, 0.4) is 0 Å². The third kappa shape index (κ3) is 5.37. The number of carbonyl (C=O) groups excluding carboxylic acids is 1. The Labute approximate surface area is 133 Å². The predicted molar refractivity (Wildman–Crippen MR) is 80.5 cm³/mol. The minimum atomic E-state index is -1.78. The highest BCUT2D eigenvalue weighted by atomic mass is 35.6. The van der Waals surface area contributed by atoms with Crippen LogP contribution in [0, 0.1) is 0 Å². The van der Waals surface area contributed by atoms with E-state index in [4.69, 9.17) is 50.0 Å². The van der Waals surface area contributed by atoms with E-state index in [0.29, 0.717) is 6.61 Å². The Morgan fingerprint density at radius 1 is 1.35 bits per heavy atom. The van der Waals surface area contributed by atoms with E-state index < -0.39 is 16.0 Å². The molecule has 1 aromatic carbocycles. The van der Waals surface area contributed by atoms with Crippen LogP contribution in [0.5, 0.6) is 5.75 Å². The van der Waals surface area contributed by atoms with Gasteiger partial charge >= 0.3 is 0 Å². The Morgan fingerprint density at radius 3 is 2.55 bits per heavy atom. The summed E-state index contributed by atoms with van der Waals surface area (Å²) in [4.78, 5) is 11.3. The molecule has 4 nitrogen and oxygen atoms in total. The monoisotopic (exact) mass is 339 g/mol. The maximum Gasteiger partial charge on any atom is 0.252 e. The van der Waals surface area contributed by atoms with Crippen LogP contribution in [0.1, 0.15) is 30.1 Å². The SMILES string of the molecule is CCCCOC(Oc1ccccc1C(N)=O)C(Cl)(Cl)Cl. The Balaban J connectivity index is 2.87. The summed E-state index contributed by atoms with van der Waals surface area (Å²) in [5.41, 5.74) is 5.46. The summed E-state index contributed by atoms with van der Waals surface area (Å²) >= 11 is 17.5. The van der Waals surface area contributed by atoms with Crippen molar-refractivity contribution in [2.45, 2.75) is 29.8 Å². The van der Waals surface area contributed by atoms with Gasteiger partial charge in [0.25, 0.3) is 9.70 Å². The van der Waals surface area contributed by atoms with Gasteiger partial charge in [-0.2, -0.15) is 0 Å². The lowest BCUT2D eigenvalue weighted by atomic mass is 10.2. The number of para-hydroxylation sites is 1. The first-order valence-electron chi connectivity index (χ1n) is 6.10. The van der Waals surface area contributed by atoms with E-state index in [9.17, 15) is 4.79 Å². The molecule has 0 saturated heterocycles. The third-order valence-corrected chi connectivity index (χ3v) is 2.96. The van der Waals surface area contributed by atoms with Gasteiger partial charge in [-0.05, 0) is 18.6 Å². The summed E-state index contributed by atoms with van der Waals surface area (Å²) in [5, 5.41) is 0. The van der Waals surface area contributed by atoms with Gasteiger partial charge in [-0.15, -0.1) is 0 Å². The zero-order valence-corrected chi connectivity index (χ0v) is 13.2. The average Bonchev–Trinajstić information content (AvgIpc) is 2.37. The summed E-state index contributed by atoms with van der Waals surface area (Å²) < 4.78 is 9.14. The zero-order valence-electron chi connectivity index (χ0n) is 10.9. The minimum Gasteiger partial charge on any atom is -0.459 e. The summed E-state index contributed by atoms with van der Waals surface area (Å²) in [6.45, 7) is 2.39. The number of primary amides is 1. The van der Waals surface area contributed by atoms with E-state index in [1.807, 2.05) is 6.92 Å². The minimum absolute atomic E-state index is 0.200. The number of hydrogen-bond acceptors (Lipinski definition) is 3. The van der Waals surface area contributed by atoms with Crippen LogP contribution < -0.4 is 10.5 Å². The quantitative estimate of drug-likeness (QED) is 0.468. The topological polar surface area (TPSA) is 61.6 Å². The van der Waals surface area contributed by atoms with Crippen LogP contribution in [0.2, 0.25) is 0 Å². The third-order valence-electron chi connectivity index (χ3n) is 2.42. The molecule has 2 N–H and O–H groups in total. The van der Waals surface area contributed by atoms with Crippen LogP contribution in [-0.4, -0.2) is 22.6 Å². The maximum absolute atomic E-state index is 11.3. The Kier molecular flexibility index (Phi) is 6.89. The van der Waals surface area contributed by atoms with Crippen LogP contribution in [0.25, 0.3) is 0 Å². The summed E-state index contributed by atoms with van der Waals surface area (Å²) in [6, 6.07) is 6.43. The lowest BCUT2D eigenvalue weighted by molar-refractivity contribution is -0.0777. The van der Waals surface area contributed by atoms with Crippen LogP contribution >= 0.6 is 34.8 Å². The second-order valence-corrected chi connectivity index (χ2v) is 6.45. The molecule has 0 radical (unpaired) electrons. The molecule has 0 aromatic heterocycles. The van der Waals surface area contributed by atoms with Crippen molar-refractivity contribution in [1.82, 2.24) is 0 Å². The second-order valence-electron chi connectivity index (χ2n) is 4.08. The number of alkyl halides is 3. The smallest absolute Gasteiger partial charge is 0.252 e. The zero-order chi connectivity index (χ0) is 15.2. The number of halogens is 3. The number of carbonyl (C=O) groups is 1. The fourth-order valence-electron chi connectivity index (χ4n) is 1.42. The predicted octanol–water partition coefficient (Wildman–Crippen LogP) is 3.68. The van der Waals surface area contributed by atoms with Gasteiger partial charge in [0.1, 0.15) is 5.75 Å². The van der Waals surface area contributed by atoms with E-state index in [0.717, 1.165) is 12.8 Å². The van der Waals surface area contributed by atoms with Crippen molar-refractivity contribution in [3.63, 3.8) is 0 Å². The van der Waals surface area contributed by atoms with Crippen molar-refractivity contribution in [3.8, 4) is 5.75 Å². The highest BCUT2D eigenvalue weighted by Gasteiger charge is 2.36. The van der Waals surface area contributed by atoms with Crippen LogP contribution in [0.4, 0.5) is 0 Å². The Hall–Kier alpha value is -0.680. The molecule has 0 bridgehead atoms. The second kappa shape index (κ2) is 7.93. The first-order valence-corrected chi connectivity index (χ1v) is 7.23. The van der Waals surface area contributed by atoms with Crippen LogP contribution in [-0.2, 0) is 4.74 Å². The highest BCUT2D eigenvalue weighted by molar-refractivity contribution is 6.67. The molecule has 20 heavy (non-hydrogen) atoms. The molecule has 0 aliphatic rings. The van der Waals surface area contributed by atoms with E-state index in [2.05, 4.69) is 0 Å². The molecule has 0 aliphatic carbocycles. The molecular weight excluding hydrogens is 325 g/mol. The number of amides is 1. The van der Waals surface area contributed by atoms with E-state index >= 15 is 0 Å². The molecule has 0 fully saturated rings. The van der Waals surface area contributed by atoms with Gasteiger partial charge in [0.05, 0.1) is 12.2 Å². The fourth-order valence-corrected chi connectivity index (χ4v) is 1.74. The molecule has 0 spiro atoms. The highest BCUT2D eigenvalue weighted by Crippen LogP contribution is 2.34. The van der Waals surface area contributed by atoms with Gasteiger partial charge in [-0.1, -0.05) is 60.3 Å². The standard InChI is InChI=1S/C13H16Cl3NO3/c1-2-3-8-19-12(13(14,15)16)20-10-7-5-4-6-9(10)11(17)18/h4-7,12H,2-3,8H2,1H3,(H2,17,18). The van der Waals surface area contributed by atoms with Crippen molar-refractivity contribution in [1.29, 1.82) is 0 Å². The Bertz CT molecular complexity index is 449. The lowest BCUT2D eigenvalue weighted by Crippen LogP contribution is -2.35. The molecule has 112 valence electrons. The number of nitrogens with two attached hydrogens (primary N) is 1. The molecule has 1 rings (SSSR count). The van der Waals surface area contributed by atoms with E-state index in [-0.39, 0.29) is 11.3 Å². The lowest BCUT2D eigenvalue weighted by Gasteiger charge is -2.26. The van der Waals surface area contributed by atoms with Crippen molar-refractivity contribution in [2.75, 3.05) is 6.61 Å². The molecule has 1 unspecified atom stereocenters. The van der Waals surface area contributed by atoms with Gasteiger partial charge in [-0.25, -0.2) is 0 Å². The molecule has 1 amide bonds. The van der Waals surface area contributed by atoms with Gasteiger partial charge in [0.2, 0.25) is 6.29 Å². The van der Waals surface area contributed by atoms with E-state index in [1.54, 1.807) is 18.2 Å². The summed E-state index contributed by atoms with van der Waals surface area (Å²) in [5.74, 6) is -0.412. The Morgan fingerprint density at radius 2 is 2.00 bits per heavy atom. The molecule has 1 atom stereocenters. The molecule has 0 aliphatic heterocycles. The average molecular weight is 341 g/mol. The number of benzene rings is 1. The molecule has 0 heterocycles. The van der Waals surface area contributed by atoms with Gasteiger partial charge in [0.15, 0.2) is 0 Å². The number of rotatable bonds is 7. The fraction of sp³-hybridized carbons (Fsp3) is 0.462. The number of hydrogen-bond donors (Lipinski definition) is 1. The summed E-state index contributed by atoms with van der Waals surface area (Å²) in [6.07, 6.45) is 0.613. The van der Waals surface area contributed by atoms with Crippen molar-refractivity contribution >= 4 is 40.7 Å². The number of unbranched alkanes of at least 4 members (excludes halogenated alkanes) is 1. The first kappa shape index (κ1) is 17.4. The molecule has 7 heteroatoms. The summed E-state index contributed by atoms with van der Waals surface area (Å²) in [7, 11) is 0. The van der Waals surface area contributed by atoms with Crippen molar-refractivity contribution in [3.05, 3.63) is 29.8 Å². The number of ether oxygens (including phenoxy) is 2. The van der Waals surface area contributed by atoms with Crippen molar-refractivity contribution in [2.24, 2.45) is 5.73 Å². The normalized spacial score (nSPS) is 13.0. The van der Waals surface area contributed by atoms with Gasteiger partial charge in [-0.3, -0.25) is 4.79 Å².